The maximum Gasteiger partial charge on any atom is 0.224 e. The first-order chi connectivity index (χ1) is 17.7. The standard InChI is InChI=1S/C20H23NO2.C7H4F3NO.CH5N/c1-4-5-19(17-10-11-20(22)21-14(17)3)23-16-9-8-15-7-6-13(2)18(15)12-16;8-4-1-6(10)7(11-3-12)2-5(4)9;1-2/h4-5,8-9,12-13H,1,6-7,10-11H2,2-3H3,(H,21,22);1-3H,(H,11,12);2H2,1H3/b19-5+;;. The Morgan fingerprint density at radius 3 is 2.46 bits per heavy atom. The molecule has 0 aromatic heterocycles. The van der Waals surface area contributed by atoms with Crippen LogP contribution >= 0.6 is 0 Å². The molecular formula is C28H32F3N3O3. The van der Waals surface area contributed by atoms with E-state index in [1.165, 1.54) is 24.6 Å². The zero-order valence-corrected chi connectivity index (χ0v) is 21.2. The molecule has 4 rings (SSSR count). The Labute approximate surface area is 215 Å². The first-order valence-electron chi connectivity index (χ1n) is 11.8. The molecule has 9 heteroatoms. The highest BCUT2D eigenvalue weighted by Crippen LogP contribution is 2.36. The van der Waals surface area contributed by atoms with Gasteiger partial charge in [-0.2, -0.15) is 0 Å². The molecule has 2 aromatic rings. The van der Waals surface area contributed by atoms with Crippen LogP contribution < -0.4 is 21.1 Å². The van der Waals surface area contributed by atoms with E-state index in [0.29, 0.717) is 30.9 Å². The van der Waals surface area contributed by atoms with Crippen LogP contribution in [-0.2, 0) is 16.0 Å². The predicted octanol–water partition coefficient (Wildman–Crippen LogP) is 5.62. The summed E-state index contributed by atoms with van der Waals surface area (Å²) < 4.78 is 43.4. The normalized spacial score (nSPS) is 16.4. The number of ether oxygens (including phenoxy) is 1. The van der Waals surface area contributed by atoms with Crippen LogP contribution in [0.1, 0.15) is 50.2 Å². The maximum atomic E-state index is 12.6. The summed E-state index contributed by atoms with van der Waals surface area (Å²) in [6.45, 7) is 7.96. The van der Waals surface area contributed by atoms with Crippen molar-refractivity contribution >= 4 is 18.0 Å². The summed E-state index contributed by atoms with van der Waals surface area (Å²) in [5, 5.41) is 4.77. The molecule has 2 aliphatic rings. The molecule has 1 heterocycles. The van der Waals surface area contributed by atoms with Crippen LogP contribution in [0.3, 0.4) is 0 Å². The predicted molar refractivity (Wildman–Crippen MR) is 138 cm³/mol. The molecule has 0 saturated heterocycles. The van der Waals surface area contributed by atoms with E-state index in [4.69, 9.17) is 4.74 Å². The third-order valence-electron chi connectivity index (χ3n) is 5.90. The molecule has 1 atom stereocenters. The number of nitrogens with one attached hydrogen (secondary N) is 2. The fourth-order valence-corrected chi connectivity index (χ4v) is 4.06. The second-order valence-corrected chi connectivity index (χ2v) is 8.33. The number of amides is 2. The van der Waals surface area contributed by atoms with E-state index in [0.717, 1.165) is 29.2 Å². The van der Waals surface area contributed by atoms with Crippen molar-refractivity contribution in [3.05, 3.63) is 94.7 Å². The summed E-state index contributed by atoms with van der Waals surface area (Å²) >= 11 is 0. The topological polar surface area (TPSA) is 93.4 Å². The Morgan fingerprint density at radius 1 is 1.11 bits per heavy atom. The van der Waals surface area contributed by atoms with Crippen molar-refractivity contribution < 1.29 is 27.5 Å². The van der Waals surface area contributed by atoms with Gasteiger partial charge in [0.15, 0.2) is 11.6 Å². The monoisotopic (exact) mass is 515 g/mol. The molecule has 2 amide bonds. The van der Waals surface area contributed by atoms with E-state index < -0.39 is 17.5 Å². The maximum absolute atomic E-state index is 12.6. The number of benzene rings is 2. The molecule has 2 aromatic carbocycles. The zero-order chi connectivity index (χ0) is 27.5. The van der Waals surface area contributed by atoms with Crippen molar-refractivity contribution in [2.45, 2.75) is 45.4 Å². The van der Waals surface area contributed by atoms with Crippen molar-refractivity contribution in [2.24, 2.45) is 5.73 Å². The van der Waals surface area contributed by atoms with E-state index in [-0.39, 0.29) is 18.0 Å². The van der Waals surface area contributed by atoms with Gasteiger partial charge in [-0.3, -0.25) is 9.59 Å². The number of nitrogens with two attached hydrogens (primary N) is 1. The van der Waals surface area contributed by atoms with Crippen molar-refractivity contribution in [3.8, 4) is 5.75 Å². The highest BCUT2D eigenvalue weighted by Gasteiger charge is 2.22. The van der Waals surface area contributed by atoms with Gasteiger partial charge in [-0.05, 0) is 68.5 Å². The molecule has 198 valence electrons. The van der Waals surface area contributed by atoms with Gasteiger partial charge in [-0.25, -0.2) is 13.2 Å². The molecule has 0 bridgehead atoms. The summed E-state index contributed by atoms with van der Waals surface area (Å²) in [6.07, 6.45) is 7.32. The van der Waals surface area contributed by atoms with Crippen LogP contribution in [0.5, 0.6) is 5.75 Å². The number of hydrogen-bond donors (Lipinski definition) is 3. The fraction of sp³-hybridized carbons (Fsp3) is 0.286. The average molecular weight is 516 g/mol. The zero-order valence-electron chi connectivity index (χ0n) is 21.2. The van der Waals surface area contributed by atoms with Crippen LogP contribution in [0.25, 0.3) is 0 Å². The first-order valence-corrected chi connectivity index (χ1v) is 11.8. The van der Waals surface area contributed by atoms with Crippen LogP contribution in [0, 0.1) is 17.5 Å². The molecule has 37 heavy (non-hydrogen) atoms. The Balaban J connectivity index is 0.000000291. The van der Waals surface area contributed by atoms with Gasteiger partial charge in [0.25, 0.3) is 0 Å². The lowest BCUT2D eigenvalue weighted by atomic mass is 10.0. The first kappa shape index (κ1) is 29.4. The largest absolute Gasteiger partial charge is 0.457 e. The van der Waals surface area contributed by atoms with Crippen LogP contribution in [0.2, 0.25) is 0 Å². The number of halogens is 3. The van der Waals surface area contributed by atoms with Gasteiger partial charge in [-0.1, -0.05) is 25.6 Å². The van der Waals surface area contributed by atoms with Crippen molar-refractivity contribution in [3.63, 3.8) is 0 Å². The third kappa shape index (κ3) is 7.82. The molecule has 1 aliphatic heterocycles. The van der Waals surface area contributed by atoms with Gasteiger partial charge >= 0.3 is 0 Å². The van der Waals surface area contributed by atoms with Gasteiger partial charge in [-0.15, -0.1) is 0 Å². The van der Waals surface area contributed by atoms with E-state index in [1.54, 1.807) is 6.08 Å². The molecule has 0 saturated carbocycles. The fourth-order valence-electron chi connectivity index (χ4n) is 4.06. The van der Waals surface area contributed by atoms with Crippen molar-refractivity contribution in [2.75, 3.05) is 12.4 Å². The second kappa shape index (κ2) is 14.0. The van der Waals surface area contributed by atoms with Crippen LogP contribution in [0.4, 0.5) is 18.9 Å². The van der Waals surface area contributed by atoms with Gasteiger partial charge < -0.3 is 21.1 Å². The molecule has 0 fully saturated rings. The van der Waals surface area contributed by atoms with Crippen LogP contribution in [-0.4, -0.2) is 19.4 Å². The summed E-state index contributed by atoms with van der Waals surface area (Å²) in [4.78, 5) is 21.3. The van der Waals surface area contributed by atoms with Gasteiger partial charge in [0.2, 0.25) is 12.3 Å². The molecule has 4 N–H and O–H groups in total. The number of anilines is 1. The number of aryl methyl sites for hydroxylation is 1. The second-order valence-electron chi connectivity index (χ2n) is 8.33. The van der Waals surface area contributed by atoms with E-state index in [1.807, 2.05) is 24.4 Å². The lowest BCUT2D eigenvalue weighted by Crippen LogP contribution is -2.27. The number of allylic oxidation sites excluding steroid dienone is 4. The number of rotatable bonds is 6. The minimum Gasteiger partial charge on any atom is -0.457 e. The van der Waals surface area contributed by atoms with Crippen molar-refractivity contribution in [1.82, 2.24) is 5.32 Å². The van der Waals surface area contributed by atoms with Gasteiger partial charge in [0.05, 0.1) is 5.69 Å². The molecule has 0 radical (unpaired) electrons. The van der Waals surface area contributed by atoms with Gasteiger partial charge in [0.1, 0.15) is 17.3 Å². The summed E-state index contributed by atoms with van der Waals surface area (Å²) in [7, 11) is 1.50. The van der Waals surface area contributed by atoms with Crippen molar-refractivity contribution in [1.29, 1.82) is 0 Å². The molecule has 0 spiro atoms. The van der Waals surface area contributed by atoms with Gasteiger partial charge in [0, 0.05) is 29.8 Å². The highest BCUT2D eigenvalue weighted by atomic mass is 19.2. The summed E-state index contributed by atoms with van der Waals surface area (Å²) in [5.74, 6) is -1.23. The lowest BCUT2D eigenvalue weighted by Gasteiger charge is -2.21. The SMILES string of the molecule is C=C/C=C(/Oc1ccc2c(c1)C(C)CC2)C1=C(C)NC(=O)CC1.CN.O=CNc1cc(F)c(F)cc1F. The Hall–Kier alpha value is -3.85. The van der Waals surface area contributed by atoms with Crippen LogP contribution in [0.15, 0.2) is 66.1 Å². The molecule has 1 aliphatic carbocycles. The lowest BCUT2D eigenvalue weighted by molar-refractivity contribution is -0.120. The Morgan fingerprint density at radius 2 is 1.81 bits per heavy atom. The number of carbonyl (C=O) groups is 2. The highest BCUT2D eigenvalue weighted by molar-refractivity contribution is 5.80. The summed E-state index contributed by atoms with van der Waals surface area (Å²) in [5.41, 5.74) is 8.84. The summed E-state index contributed by atoms with van der Waals surface area (Å²) in [6, 6.07) is 7.29. The molecular weight excluding hydrogens is 483 g/mol. The smallest absolute Gasteiger partial charge is 0.224 e. The molecule has 1 unspecified atom stereocenters. The van der Waals surface area contributed by atoms with E-state index in [9.17, 15) is 22.8 Å². The quantitative estimate of drug-likeness (QED) is 0.202. The Bertz CT molecular complexity index is 1210. The van der Waals surface area contributed by atoms with E-state index in [2.05, 4.69) is 36.7 Å². The minimum absolute atomic E-state index is 0.0653. The number of carbonyl (C=O) groups excluding carboxylic acids is 2. The minimum atomic E-state index is -1.29. The Kier molecular flexibility index (Phi) is 11.1. The average Bonchev–Trinajstić information content (AvgIpc) is 3.24. The van der Waals surface area contributed by atoms with E-state index >= 15 is 0 Å². The molecule has 6 nitrogen and oxygen atoms in total. The number of fused-ring (bicyclic) bond motifs is 1. The number of hydrogen-bond acceptors (Lipinski definition) is 4. The third-order valence-corrected chi connectivity index (χ3v) is 5.90.